The fraction of sp³-hybridized carbons (Fsp3) is 0.167. The monoisotopic (exact) mass is 378 g/mol. The second-order valence-corrected chi connectivity index (χ2v) is 7.77. The lowest BCUT2D eigenvalue weighted by atomic mass is 10.3. The maximum absolute atomic E-state index is 13.6. The van der Waals surface area contributed by atoms with Gasteiger partial charge in [0.15, 0.2) is 0 Å². The molecule has 8 heteroatoms. The Balaban J connectivity index is 2.28. The van der Waals surface area contributed by atoms with Crippen molar-refractivity contribution in [3.63, 3.8) is 0 Å². The molecule has 1 aromatic carbocycles. The molecule has 0 saturated carbocycles. The molecule has 108 valence electrons. The molecule has 2 N–H and O–H groups in total. The third kappa shape index (κ3) is 3.57. The highest BCUT2D eigenvalue weighted by Crippen LogP contribution is 2.26. The molecule has 0 fully saturated rings. The smallest absolute Gasteiger partial charge is 0.271 e. The number of sulfonamides is 1. The largest absolute Gasteiger partial charge is 0.316 e. The van der Waals surface area contributed by atoms with Gasteiger partial charge >= 0.3 is 0 Å². The Hall–Kier alpha value is -0.960. The molecular weight excluding hydrogens is 367 g/mol. The summed E-state index contributed by atoms with van der Waals surface area (Å²) in [5.41, 5.74) is 0.788. The quantitative estimate of drug-likeness (QED) is 0.839. The van der Waals surface area contributed by atoms with Crippen LogP contribution in [-0.2, 0) is 16.6 Å². The molecule has 0 aliphatic heterocycles. The summed E-state index contributed by atoms with van der Waals surface area (Å²) < 4.78 is 41.0. The molecule has 20 heavy (non-hydrogen) atoms. The zero-order valence-corrected chi connectivity index (χ0v) is 13.7. The molecule has 0 aliphatic carbocycles. The van der Waals surface area contributed by atoms with Gasteiger partial charge in [0.25, 0.3) is 10.0 Å². The average Bonchev–Trinajstić information content (AvgIpc) is 2.83. The van der Waals surface area contributed by atoms with Crippen LogP contribution < -0.4 is 10.0 Å². The van der Waals surface area contributed by atoms with Gasteiger partial charge in [-0.1, -0.05) is 15.9 Å². The van der Waals surface area contributed by atoms with Crippen LogP contribution in [0, 0.1) is 5.82 Å². The van der Waals surface area contributed by atoms with Crippen LogP contribution in [0.2, 0.25) is 0 Å². The Labute approximate surface area is 129 Å². The van der Waals surface area contributed by atoms with Crippen LogP contribution in [-0.4, -0.2) is 15.5 Å². The fourth-order valence-electron chi connectivity index (χ4n) is 1.56. The maximum atomic E-state index is 13.6. The van der Waals surface area contributed by atoms with Crippen molar-refractivity contribution in [1.29, 1.82) is 0 Å². The summed E-state index contributed by atoms with van der Waals surface area (Å²) in [7, 11) is -1.99. The zero-order chi connectivity index (χ0) is 14.8. The van der Waals surface area contributed by atoms with Crippen molar-refractivity contribution in [2.24, 2.45) is 0 Å². The van der Waals surface area contributed by atoms with E-state index < -0.39 is 15.8 Å². The Morgan fingerprint density at radius 3 is 2.80 bits per heavy atom. The molecule has 4 nitrogen and oxygen atoms in total. The lowest BCUT2D eigenvalue weighted by molar-refractivity contribution is 0.600. The van der Waals surface area contributed by atoms with Gasteiger partial charge in [-0.3, -0.25) is 4.72 Å². The van der Waals surface area contributed by atoms with E-state index in [9.17, 15) is 12.8 Å². The third-order valence-corrected chi connectivity index (χ3v) is 5.80. The van der Waals surface area contributed by atoms with Crippen molar-refractivity contribution in [2.45, 2.75) is 10.8 Å². The maximum Gasteiger partial charge on any atom is 0.271 e. The molecule has 0 radical (unpaired) electrons. The minimum atomic E-state index is -3.77. The molecule has 1 heterocycles. The molecular formula is C12H12BrFN2O2S2. The van der Waals surface area contributed by atoms with E-state index in [0.717, 1.165) is 16.9 Å². The first-order valence-corrected chi connectivity index (χ1v) is 8.78. The summed E-state index contributed by atoms with van der Waals surface area (Å²) in [5, 5.41) is 4.69. The normalized spacial score (nSPS) is 11.6. The third-order valence-electron chi connectivity index (χ3n) is 2.45. The first-order chi connectivity index (χ1) is 9.42. The van der Waals surface area contributed by atoms with E-state index in [0.29, 0.717) is 11.0 Å². The fourth-order valence-corrected chi connectivity index (χ4v) is 4.19. The summed E-state index contributed by atoms with van der Waals surface area (Å²) in [4.78, 5) is 0. The van der Waals surface area contributed by atoms with Crippen LogP contribution in [0.1, 0.15) is 5.56 Å². The van der Waals surface area contributed by atoms with E-state index in [1.54, 1.807) is 18.5 Å². The van der Waals surface area contributed by atoms with Gasteiger partial charge in [-0.2, -0.15) is 0 Å². The van der Waals surface area contributed by atoms with Gasteiger partial charge in [-0.15, -0.1) is 11.3 Å². The molecule has 0 amide bonds. The standard InChI is InChI=1S/C12H12BrFN2O2S2/c1-15-6-8-4-12(19-7-8)20(17,18)16-11-5-9(13)2-3-10(11)14/h2-5,7,15-16H,6H2,1H3. The topological polar surface area (TPSA) is 58.2 Å². The van der Waals surface area contributed by atoms with Crippen LogP contribution >= 0.6 is 27.3 Å². The van der Waals surface area contributed by atoms with Gasteiger partial charge in [-0.05, 0) is 42.3 Å². The van der Waals surface area contributed by atoms with Gasteiger partial charge in [0.1, 0.15) is 10.0 Å². The summed E-state index contributed by atoms with van der Waals surface area (Å²) in [6.45, 7) is 0.581. The second-order valence-electron chi connectivity index (χ2n) is 4.03. The summed E-state index contributed by atoms with van der Waals surface area (Å²) in [5.74, 6) is -0.622. The molecule has 0 bridgehead atoms. The number of rotatable bonds is 5. The Kier molecular flexibility index (Phi) is 4.79. The van der Waals surface area contributed by atoms with Crippen molar-refractivity contribution >= 4 is 43.0 Å². The lowest BCUT2D eigenvalue weighted by Gasteiger charge is -2.07. The number of hydrogen-bond acceptors (Lipinski definition) is 4. The molecule has 0 saturated heterocycles. The number of halogens is 2. The highest BCUT2D eigenvalue weighted by atomic mass is 79.9. The van der Waals surface area contributed by atoms with Crippen LogP contribution in [0.5, 0.6) is 0 Å². The van der Waals surface area contributed by atoms with E-state index in [2.05, 4.69) is 26.0 Å². The number of hydrogen-bond donors (Lipinski definition) is 2. The van der Waals surface area contributed by atoms with Gasteiger partial charge in [0.05, 0.1) is 5.69 Å². The van der Waals surface area contributed by atoms with Crippen molar-refractivity contribution in [2.75, 3.05) is 11.8 Å². The van der Waals surface area contributed by atoms with Crippen LogP contribution in [0.4, 0.5) is 10.1 Å². The minimum absolute atomic E-state index is 0.0806. The minimum Gasteiger partial charge on any atom is -0.316 e. The SMILES string of the molecule is CNCc1csc(S(=O)(=O)Nc2cc(Br)ccc2F)c1. The summed E-state index contributed by atoms with van der Waals surface area (Å²) in [6.07, 6.45) is 0. The summed E-state index contributed by atoms with van der Waals surface area (Å²) in [6, 6.07) is 5.65. The first kappa shape index (κ1) is 15.4. The highest BCUT2D eigenvalue weighted by Gasteiger charge is 2.18. The average molecular weight is 379 g/mol. The number of thiophene rings is 1. The molecule has 0 unspecified atom stereocenters. The van der Waals surface area contributed by atoms with Gasteiger partial charge in [0, 0.05) is 11.0 Å². The zero-order valence-electron chi connectivity index (χ0n) is 10.5. The van der Waals surface area contributed by atoms with Crippen molar-refractivity contribution in [3.05, 3.63) is 45.5 Å². The Morgan fingerprint density at radius 1 is 1.35 bits per heavy atom. The van der Waals surface area contributed by atoms with Crippen LogP contribution in [0.3, 0.4) is 0 Å². The number of nitrogens with one attached hydrogen (secondary N) is 2. The predicted molar refractivity (Wildman–Crippen MR) is 82.0 cm³/mol. The molecule has 0 atom stereocenters. The van der Waals surface area contributed by atoms with Crippen molar-refractivity contribution in [1.82, 2.24) is 5.32 Å². The first-order valence-electron chi connectivity index (χ1n) is 5.62. The lowest BCUT2D eigenvalue weighted by Crippen LogP contribution is -2.12. The van der Waals surface area contributed by atoms with E-state index in [-0.39, 0.29) is 9.90 Å². The van der Waals surface area contributed by atoms with Crippen molar-refractivity contribution in [3.8, 4) is 0 Å². The second kappa shape index (κ2) is 6.21. The Morgan fingerprint density at radius 2 is 2.10 bits per heavy atom. The van der Waals surface area contributed by atoms with Gasteiger partial charge in [0.2, 0.25) is 0 Å². The van der Waals surface area contributed by atoms with E-state index in [1.165, 1.54) is 18.2 Å². The summed E-state index contributed by atoms with van der Waals surface area (Å²) >= 11 is 4.28. The van der Waals surface area contributed by atoms with Gasteiger partial charge in [-0.25, -0.2) is 12.8 Å². The van der Waals surface area contributed by atoms with E-state index >= 15 is 0 Å². The van der Waals surface area contributed by atoms with Crippen molar-refractivity contribution < 1.29 is 12.8 Å². The highest BCUT2D eigenvalue weighted by molar-refractivity contribution is 9.10. The number of anilines is 1. The van der Waals surface area contributed by atoms with Gasteiger partial charge < -0.3 is 5.32 Å². The van der Waals surface area contributed by atoms with E-state index in [1.807, 2.05) is 0 Å². The van der Waals surface area contributed by atoms with Crippen LogP contribution in [0.15, 0.2) is 38.3 Å². The molecule has 2 rings (SSSR count). The molecule has 0 aliphatic rings. The molecule has 1 aromatic heterocycles. The number of benzene rings is 1. The predicted octanol–water partition coefficient (Wildman–Crippen LogP) is 3.17. The molecule has 2 aromatic rings. The Bertz CT molecular complexity index is 716. The van der Waals surface area contributed by atoms with E-state index in [4.69, 9.17) is 0 Å². The van der Waals surface area contributed by atoms with Crippen LogP contribution in [0.25, 0.3) is 0 Å². The molecule has 0 spiro atoms.